The lowest BCUT2D eigenvalue weighted by Gasteiger charge is -2.11. The number of nitrogens with zero attached hydrogens (tertiary/aromatic N) is 2. The minimum absolute atomic E-state index is 0.524. The van der Waals surface area contributed by atoms with Crippen molar-refractivity contribution in [3.8, 4) is 0 Å². The summed E-state index contributed by atoms with van der Waals surface area (Å²) in [5, 5.41) is 0. The molecule has 1 aromatic heterocycles. The monoisotopic (exact) mass is 389 g/mol. The van der Waals surface area contributed by atoms with Crippen LogP contribution in [0.3, 0.4) is 0 Å². The van der Waals surface area contributed by atoms with E-state index in [0.717, 1.165) is 25.9 Å². The Balaban J connectivity index is 1.94. The first-order valence-electron chi connectivity index (χ1n) is 11.4. The molecule has 1 unspecified atom stereocenters. The summed E-state index contributed by atoms with van der Waals surface area (Å²) >= 11 is 0. The van der Waals surface area contributed by atoms with Crippen molar-refractivity contribution in [2.75, 3.05) is 0 Å². The standard InChI is InChI=1S/C27H37N2/c1-4-6-18-28-22-26(20-23(3)25-16-12-9-13-17-25)29(19-7-5-2)27(28)21-24-14-10-8-11-15-24/h8-17,22-23H,4-7,18-21H2,1-3H3/q+1. The second kappa shape index (κ2) is 11.0. The van der Waals surface area contributed by atoms with Gasteiger partial charge in [-0.15, -0.1) is 0 Å². The Morgan fingerprint density at radius 1 is 0.862 bits per heavy atom. The van der Waals surface area contributed by atoms with Gasteiger partial charge in [-0.3, -0.25) is 0 Å². The Kier molecular flexibility index (Phi) is 8.10. The molecule has 0 spiro atoms. The molecule has 0 fully saturated rings. The molecule has 0 saturated heterocycles. The van der Waals surface area contributed by atoms with Crippen LogP contribution in [0.15, 0.2) is 66.9 Å². The van der Waals surface area contributed by atoms with E-state index in [1.807, 2.05) is 0 Å². The van der Waals surface area contributed by atoms with E-state index >= 15 is 0 Å². The van der Waals surface area contributed by atoms with Crippen molar-refractivity contribution in [1.82, 2.24) is 4.57 Å². The largest absolute Gasteiger partial charge is 0.261 e. The maximum Gasteiger partial charge on any atom is 0.261 e. The second-order valence-electron chi connectivity index (χ2n) is 8.27. The van der Waals surface area contributed by atoms with Gasteiger partial charge in [0.05, 0.1) is 19.5 Å². The summed E-state index contributed by atoms with van der Waals surface area (Å²) < 4.78 is 5.17. The van der Waals surface area contributed by atoms with Crippen LogP contribution in [0.4, 0.5) is 0 Å². The van der Waals surface area contributed by atoms with E-state index in [9.17, 15) is 0 Å². The van der Waals surface area contributed by atoms with E-state index in [1.54, 1.807) is 0 Å². The first-order chi connectivity index (χ1) is 14.2. The zero-order valence-corrected chi connectivity index (χ0v) is 18.5. The number of unbranched alkanes of at least 4 members (excludes halogenated alkanes) is 2. The summed E-state index contributed by atoms with van der Waals surface area (Å²) in [5.74, 6) is 1.99. The van der Waals surface area contributed by atoms with Gasteiger partial charge < -0.3 is 0 Å². The number of hydrogen-bond donors (Lipinski definition) is 0. The van der Waals surface area contributed by atoms with Crippen LogP contribution in [0.5, 0.6) is 0 Å². The Morgan fingerprint density at radius 2 is 1.52 bits per heavy atom. The van der Waals surface area contributed by atoms with Gasteiger partial charge in [0.25, 0.3) is 5.82 Å². The van der Waals surface area contributed by atoms with E-state index in [0.29, 0.717) is 5.92 Å². The molecule has 2 heteroatoms. The van der Waals surface area contributed by atoms with Gasteiger partial charge in [-0.05, 0) is 29.9 Å². The fourth-order valence-corrected chi connectivity index (χ4v) is 4.11. The lowest BCUT2D eigenvalue weighted by Crippen LogP contribution is -2.41. The summed E-state index contributed by atoms with van der Waals surface area (Å²) in [7, 11) is 0. The van der Waals surface area contributed by atoms with Crippen LogP contribution in [0, 0.1) is 0 Å². The zero-order valence-electron chi connectivity index (χ0n) is 18.5. The van der Waals surface area contributed by atoms with Gasteiger partial charge >= 0.3 is 0 Å². The fraction of sp³-hybridized carbons (Fsp3) is 0.444. The molecule has 0 aliphatic carbocycles. The molecule has 0 bridgehead atoms. The molecule has 154 valence electrons. The van der Waals surface area contributed by atoms with E-state index in [-0.39, 0.29) is 0 Å². The molecule has 0 saturated carbocycles. The van der Waals surface area contributed by atoms with Gasteiger partial charge in [0, 0.05) is 6.42 Å². The predicted molar refractivity (Wildman–Crippen MR) is 122 cm³/mol. The van der Waals surface area contributed by atoms with Gasteiger partial charge in [-0.25, -0.2) is 9.13 Å². The lowest BCUT2D eigenvalue weighted by atomic mass is 9.96. The third kappa shape index (κ3) is 5.82. The number of benzene rings is 2. The summed E-state index contributed by atoms with van der Waals surface area (Å²) in [6, 6.07) is 21.9. The molecule has 3 aromatic rings. The topological polar surface area (TPSA) is 8.81 Å². The molecular weight excluding hydrogens is 352 g/mol. The van der Waals surface area contributed by atoms with Crippen molar-refractivity contribution >= 4 is 0 Å². The van der Waals surface area contributed by atoms with Crippen LogP contribution < -0.4 is 4.57 Å². The van der Waals surface area contributed by atoms with Crippen molar-refractivity contribution in [2.45, 2.75) is 78.3 Å². The van der Waals surface area contributed by atoms with Gasteiger partial charge in [0.1, 0.15) is 11.9 Å². The number of aryl methyl sites for hydroxylation is 1. The maximum atomic E-state index is 2.63. The van der Waals surface area contributed by atoms with E-state index in [1.165, 1.54) is 48.3 Å². The Bertz CT molecular complexity index is 849. The lowest BCUT2D eigenvalue weighted by molar-refractivity contribution is -0.710. The van der Waals surface area contributed by atoms with E-state index in [4.69, 9.17) is 0 Å². The van der Waals surface area contributed by atoms with Crippen molar-refractivity contribution in [3.05, 3.63) is 89.5 Å². The molecule has 0 aliphatic rings. The molecule has 1 heterocycles. The maximum absolute atomic E-state index is 2.63. The van der Waals surface area contributed by atoms with E-state index in [2.05, 4.69) is 96.8 Å². The third-order valence-electron chi connectivity index (χ3n) is 5.87. The summed E-state index contributed by atoms with van der Waals surface area (Å²) in [4.78, 5) is 0. The smallest absolute Gasteiger partial charge is 0.234 e. The van der Waals surface area contributed by atoms with Gasteiger partial charge in [0.15, 0.2) is 0 Å². The minimum atomic E-state index is 0.524. The highest BCUT2D eigenvalue weighted by Gasteiger charge is 2.24. The molecule has 0 amide bonds. The third-order valence-corrected chi connectivity index (χ3v) is 5.87. The SMILES string of the molecule is CCCCn1cc(CC(C)c2ccccc2)[n+](CCCC)c1Cc1ccccc1. The van der Waals surface area contributed by atoms with Crippen LogP contribution in [0.2, 0.25) is 0 Å². The van der Waals surface area contributed by atoms with Crippen LogP contribution in [0.1, 0.15) is 75.0 Å². The Morgan fingerprint density at radius 3 is 2.17 bits per heavy atom. The fourth-order valence-electron chi connectivity index (χ4n) is 4.11. The summed E-state index contributed by atoms with van der Waals surface area (Å²) in [5.41, 5.74) is 4.31. The molecule has 2 aromatic carbocycles. The Hall–Kier alpha value is -2.35. The second-order valence-corrected chi connectivity index (χ2v) is 8.27. The average Bonchev–Trinajstić information content (AvgIpc) is 3.07. The van der Waals surface area contributed by atoms with Crippen molar-refractivity contribution in [1.29, 1.82) is 0 Å². The molecule has 0 radical (unpaired) electrons. The van der Waals surface area contributed by atoms with Crippen molar-refractivity contribution < 1.29 is 4.57 Å². The quantitative estimate of drug-likeness (QED) is 0.340. The predicted octanol–water partition coefficient (Wildman–Crippen LogP) is 6.31. The van der Waals surface area contributed by atoms with Crippen LogP contribution in [0.25, 0.3) is 0 Å². The molecule has 0 aliphatic heterocycles. The highest BCUT2D eigenvalue weighted by Crippen LogP contribution is 2.20. The highest BCUT2D eigenvalue weighted by molar-refractivity contribution is 5.21. The first kappa shape index (κ1) is 21.4. The van der Waals surface area contributed by atoms with Gasteiger partial charge in [0.2, 0.25) is 0 Å². The normalized spacial score (nSPS) is 12.2. The number of rotatable bonds is 11. The van der Waals surface area contributed by atoms with Crippen molar-refractivity contribution in [2.24, 2.45) is 0 Å². The Labute approximate surface area is 177 Å². The molecule has 1 atom stereocenters. The van der Waals surface area contributed by atoms with Gasteiger partial charge in [-0.2, -0.15) is 0 Å². The molecule has 0 N–H and O–H groups in total. The van der Waals surface area contributed by atoms with E-state index < -0.39 is 0 Å². The average molecular weight is 390 g/mol. The van der Waals surface area contributed by atoms with Gasteiger partial charge in [-0.1, -0.05) is 94.3 Å². The first-order valence-corrected chi connectivity index (χ1v) is 11.4. The van der Waals surface area contributed by atoms with Crippen LogP contribution in [-0.2, 0) is 25.9 Å². The molecular formula is C27H37N2+. The number of imidazole rings is 1. The van der Waals surface area contributed by atoms with Crippen LogP contribution >= 0.6 is 0 Å². The molecule has 3 rings (SSSR count). The zero-order chi connectivity index (χ0) is 20.5. The molecule has 29 heavy (non-hydrogen) atoms. The van der Waals surface area contributed by atoms with Crippen molar-refractivity contribution in [3.63, 3.8) is 0 Å². The summed E-state index contributed by atoms with van der Waals surface area (Å²) in [6.07, 6.45) is 9.47. The van der Waals surface area contributed by atoms with Crippen LogP contribution in [-0.4, -0.2) is 4.57 Å². The molecule has 2 nitrogen and oxygen atoms in total. The minimum Gasteiger partial charge on any atom is -0.234 e. The number of aromatic nitrogens is 2. The summed E-state index contributed by atoms with van der Waals surface area (Å²) in [6.45, 7) is 9.17. The highest BCUT2D eigenvalue weighted by atomic mass is 15.2. The number of hydrogen-bond acceptors (Lipinski definition) is 0.